The lowest BCUT2D eigenvalue weighted by Crippen LogP contribution is -2.43. The molecule has 1 aromatic carbocycles. The summed E-state index contributed by atoms with van der Waals surface area (Å²) in [6.45, 7) is 2.89. The van der Waals surface area contributed by atoms with Crippen molar-refractivity contribution < 1.29 is 19.4 Å². The Morgan fingerprint density at radius 1 is 1.45 bits per heavy atom. The molecule has 5 nitrogen and oxygen atoms in total. The Balaban J connectivity index is 1.83. The van der Waals surface area contributed by atoms with Gasteiger partial charge in [0.1, 0.15) is 0 Å². The molecule has 0 bridgehead atoms. The summed E-state index contributed by atoms with van der Waals surface area (Å²) in [5, 5.41) is 9.34. The van der Waals surface area contributed by atoms with Crippen molar-refractivity contribution >= 4 is 6.09 Å². The zero-order chi connectivity index (χ0) is 14.1. The fourth-order valence-electron chi connectivity index (χ4n) is 3.14. The molecule has 1 unspecified atom stereocenters. The molecule has 1 aromatic rings. The molecule has 108 valence electrons. The normalized spacial score (nSPS) is 19.6. The average molecular weight is 277 g/mol. The molecule has 20 heavy (non-hydrogen) atoms. The lowest BCUT2D eigenvalue weighted by atomic mass is 9.86. The van der Waals surface area contributed by atoms with Crippen molar-refractivity contribution in [3.63, 3.8) is 0 Å². The van der Waals surface area contributed by atoms with Crippen molar-refractivity contribution in [1.29, 1.82) is 0 Å². The van der Waals surface area contributed by atoms with Gasteiger partial charge in [-0.3, -0.25) is 0 Å². The summed E-state index contributed by atoms with van der Waals surface area (Å²) in [5.41, 5.74) is 2.38. The number of benzene rings is 1. The number of carbonyl (C=O) groups is 1. The van der Waals surface area contributed by atoms with E-state index in [2.05, 4.69) is 0 Å². The summed E-state index contributed by atoms with van der Waals surface area (Å²) in [4.78, 5) is 12.9. The van der Waals surface area contributed by atoms with Gasteiger partial charge in [0.05, 0.1) is 0 Å². The molecule has 1 aliphatic carbocycles. The summed E-state index contributed by atoms with van der Waals surface area (Å²) < 4.78 is 10.9. The van der Waals surface area contributed by atoms with Crippen LogP contribution in [0.5, 0.6) is 11.5 Å². The van der Waals surface area contributed by atoms with Crippen LogP contribution in [-0.4, -0.2) is 35.5 Å². The molecule has 1 heterocycles. The highest BCUT2D eigenvalue weighted by atomic mass is 16.7. The fourth-order valence-corrected chi connectivity index (χ4v) is 3.14. The molecule has 1 atom stereocenters. The molecule has 1 amide bonds. The molecule has 1 N–H and O–H groups in total. The Morgan fingerprint density at radius 2 is 2.30 bits per heavy atom. The second-order valence-corrected chi connectivity index (χ2v) is 5.31. The highest BCUT2D eigenvalue weighted by Crippen LogP contribution is 2.41. The van der Waals surface area contributed by atoms with Crippen LogP contribution in [0.15, 0.2) is 12.1 Å². The maximum absolute atomic E-state index is 11.4. The first-order valence-corrected chi connectivity index (χ1v) is 7.10. The third-order valence-corrected chi connectivity index (χ3v) is 4.07. The zero-order valence-electron chi connectivity index (χ0n) is 11.6. The topological polar surface area (TPSA) is 59.0 Å². The molecule has 0 radical (unpaired) electrons. The largest absolute Gasteiger partial charge is 0.465 e. The molecule has 3 rings (SSSR count). The number of fused-ring (bicyclic) bond motifs is 3. The third-order valence-electron chi connectivity index (χ3n) is 4.07. The van der Waals surface area contributed by atoms with Crippen LogP contribution >= 0.6 is 0 Å². The van der Waals surface area contributed by atoms with Crippen LogP contribution in [0.3, 0.4) is 0 Å². The lowest BCUT2D eigenvalue weighted by molar-refractivity contribution is 0.119. The predicted molar refractivity (Wildman–Crippen MR) is 73.4 cm³/mol. The molecule has 5 heteroatoms. The van der Waals surface area contributed by atoms with Gasteiger partial charge in [-0.1, -0.05) is 13.0 Å². The standard InChI is InChI=1S/C15H19NO4/c1-2-7-16(15(17)18)11-4-5-12-10(8-11)3-6-13-14(12)20-9-19-13/h3,6,11H,2,4-5,7-9H2,1H3,(H,17,18). The van der Waals surface area contributed by atoms with Crippen LogP contribution in [0.1, 0.15) is 30.9 Å². The van der Waals surface area contributed by atoms with Gasteiger partial charge < -0.3 is 19.5 Å². The third kappa shape index (κ3) is 2.17. The monoisotopic (exact) mass is 277 g/mol. The van der Waals surface area contributed by atoms with E-state index < -0.39 is 6.09 Å². The highest BCUT2D eigenvalue weighted by Gasteiger charge is 2.30. The number of nitrogens with zero attached hydrogens (tertiary/aromatic N) is 1. The van der Waals surface area contributed by atoms with Crippen LogP contribution in [0.4, 0.5) is 4.79 Å². The fraction of sp³-hybridized carbons (Fsp3) is 0.533. The first kappa shape index (κ1) is 13.1. The minimum Gasteiger partial charge on any atom is -0.465 e. The first-order chi connectivity index (χ1) is 9.70. The van der Waals surface area contributed by atoms with E-state index in [1.807, 2.05) is 19.1 Å². The lowest BCUT2D eigenvalue weighted by Gasteiger charge is -2.33. The zero-order valence-corrected chi connectivity index (χ0v) is 11.6. The SMILES string of the molecule is CCCN(C(=O)O)C1CCc2c(ccc3c2OCO3)C1. The van der Waals surface area contributed by atoms with Gasteiger partial charge in [0.25, 0.3) is 0 Å². The highest BCUT2D eigenvalue weighted by molar-refractivity contribution is 5.65. The maximum atomic E-state index is 11.4. The Morgan fingerprint density at radius 3 is 3.05 bits per heavy atom. The van der Waals surface area contributed by atoms with Crippen molar-refractivity contribution in [3.8, 4) is 11.5 Å². The Bertz CT molecular complexity index is 529. The van der Waals surface area contributed by atoms with Crippen molar-refractivity contribution in [3.05, 3.63) is 23.3 Å². The predicted octanol–water partition coefficient (Wildman–Crippen LogP) is 2.66. The van der Waals surface area contributed by atoms with E-state index >= 15 is 0 Å². The number of hydrogen-bond acceptors (Lipinski definition) is 3. The maximum Gasteiger partial charge on any atom is 0.407 e. The second-order valence-electron chi connectivity index (χ2n) is 5.31. The smallest absolute Gasteiger partial charge is 0.407 e. The van der Waals surface area contributed by atoms with E-state index in [0.717, 1.165) is 37.2 Å². The molecular formula is C15H19NO4. The van der Waals surface area contributed by atoms with Crippen LogP contribution in [-0.2, 0) is 12.8 Å². The number of carboxylic acid groups (broad SMARTS) is 1. The number of ether oxygens (including phenoxy) is 2. The molecule has 2 aliphatic rings. The summed E-state index contributed by atoms with van der Waals surface area (Å²) in [5.74, 6) is 1.67. The molecule has 1 aliphatic heterocycles. The Hall–Kier alpha value is -1.91. The molecular weight excluding hydrogens is 258 g/mol. The van der Waals surface area contributed by atoms with Gasteiger partial charge in [-0.25, -0.2) is 4.79 Å². The number of rotatable bonds is 3. The summed E-state index contributed by atoms with van der Waals surface area (Å²) in [6.07, 6.45) is 2.48. The van der Waals surface area contributed by atoms with Crippen LogP contribution in [0.2, 0.25) is 0 Å². The first-order valence-electron chi connectivity index (χ1n) is 7.10. The van der Waals surface area contributed by atoms with E-state index in [1.165, 1.54) is 11.1 Å². The van der Waals surface area contributed by atoms with Gasteiger partial charge in [0.2, 0.25) is 6.79 Å². The van der Waals surface area contributed by atoms with Gasteiger partial charge >= 0.3 is 6.09 Å². The van der Waals surface area contributed by atoms with Gasteiger partial charge in [-0.2, -0.15) is 0 Å². The van der Waals surface area contributed by atoms with E-state index in [9.17, 15) is 9.90 Å². The molecule has 0 spiro atoms. The van der Waals surface area contributed by atoms with E-state index in [0.29, 0.717) is 6.54 Å². The summed E-state index contributed by atoms with van der Waals surface area (Å²) >= 11 is 0. The van der Waals surface area contributed by atoms with Gasteiger partial charge in [-0.15, -0.1) is 0 Å². The van der Waals surface area contributed by atoms with Crippen LogP contribution in [0, 0.1) is 0 Å². The summed E-state index contributed by atoms with van der Waals surface area (Å²) in [6, 6.07) is 4.04. The second kappa shape index (κ2) is 5.23. The van der Waals surface area contributed by atoms with E-state index in [1.54, 1.807) is 4.90 Å². The van der Waals surface area contributed by atoms with Crippen molar-refractivity contribution in [2.24, 2.45) is 0 Å². The van der Waals surface area contributed by atoms with Crippen molar-refractivity contribution in [2.45, 2.75) is 38.6 Å². The van der Waals surface area contributed by atoms with Crippen molar-refractivity contribution in [1.82, 2.24) is 4.90 Å². The van der Waals surface area contributed by atoms with E-state index in [4.69, 9.17) is 9.47 Å². The average Bonchev–Trinajstić information content (AvgIpc) is 2.92. The number of amides is 1. The summed E-state index contributed by atoms with van der Waals surface area (Å²) in [7, 11) is 0. The molecule has 0 saturated heterocycles. The minimum atomic E-state index is -0.818. The van der Waals surface area contributed by atoms with Crippen molar-refractivity contribution in [2.75, 3.05) is 13.3 Å². The minimum absolute atomic E-state index is 0.0697. The Kier molecular flexibility index (Phi) is 3.42. The van der Waals surface area contributed by atoms with Crippen LogP contribution < -0.4 is 9.47 Å². The quantitative estimate of drug-likeness (QED) is 0.922. The van der Waals surface area contributed by atoms with Gasteiger partial charge in [-0.05, 0) is 37.3 Å². The van der Waals surface area contributed by atoms with Crippen LogP contribution in [0.25, 0.3) is 0 Å². The van der Waals surface area contributed by atoms with Gasteiger partial charge in [0.15, 0.2) is 11.5 Å². The number of hydrogen-bond donors (Lipinski definition) is 1. The molecule has 0 aromatic heterocycles. The Labute approximate surface area is 118 Å². The molecule has 0 fully saturated rings. The van der Waals surface area contributed by atoms with E-state index in [-0.39, 0.29) is 12.8 Å². The van der Waals surface area contributed by atoms with Gasteiger partial charge in [0, 0.05) is 18.2 Å². The molecule has 0 saturated carbocycles.